The molecule has 0 radical (unpaired) electrons. The van der Waals surface area contributed by atoms with E-state index >= 15 is 0 Å². The van der Waals surface area contributed by atoms with Crippen molar-refractivity contribution in [2.75, 3.05) is 0 Å². The molecule has 5 nitrogen and oxygen atoms in total. The number of aromatic nitrogens is 3. The highest BCUT2D eigenvalue weighted by Crippen LogP contribution is 2.26. The number of nitrogens with zero attached hydrogens (tertiary/aromatic N) is 3. The van der Waals surface area contributed by atoms with Crippen LogP contribution in [0.3, 0.4) is 0 Å². The van der Waals surface area contributed by atoms with Crippen LogP contribution in [0.1, 0.15) is 0 Å². The van der Waals surface area contributed by atoms with E-state index in [1.165, 1.54) is 16.4 Å². The van der Waals surface area contributed by atoms with Crippen LogP contribution in [0.2, 0.25) is 0 Å². The molecule has 0 fully saturated rings. The highest BCUT2D eigenvalue weighted by Gasteiger charge is 2.16. The summed E-state index contributed by atoms with van der Waals surface area (Å²) in [5, 5.41) is 0. The number of hydrogen-bond donors (Lipinski definition) is 0. The van der Waals surface area contributed by atoms with Gasteiger partial charge in [0.15, 0.2) is 0 Å². The smallest absolute Gasteiger partial charge is 0.246 e. The summed E-state index contributed by atoms with van der Waals surface area (Å²) in [6.45, 7) is 0. The first-order valence-corrected chi connectivity index (χ1v) is 5.81. The van der Waals surface area contributed by atoms with Crippen molar-refractivity contribution >= 4 is 21.6 Å². The Kier molecular flexibility index (Phi) is 1.84. The zero-order chi connectivity index (χ0) is 8.72. The van der Waals surface area contributed by atoms with Crippen molar-refractivity contribution in [1.29, 1.82) is 0 Å². The molecular weight excluding hydrogens is 198 g/mol. The second-order valence-electron chi connectivity index (χ2n) is 2.42. The lowest BCUT2D eigenvalue weighted by Crippen LogP contribution is -2.27. The van der Waals surface area contributed by atoms with Crippen molar-refractivity contribution in [3.8, 4) is 0 Å². The molecule has 7 heteroatoms. The van der Waals surface area contributed by atoms with Crippen LogP contribution in [-0.4, -0.2) is 13.9 Å². The van der Waals surface area contributed by atoms with Crippen molar-refractivity contribution in [3.63, 3.8) is 0 Å². The Labute approximate surface area is 75.7 Å². The van der Waals surface area contributed by atoms with Crippen LogP contribution >= 0.6 is 21.6 Å². The van der Waals surface area contributed by atoms with Crippen molar-refractivity contribution in [1.82, 2.24) is 13.9 Å². The summed E-state index contributed by atoms with van der Waals surface area (Å²) >= 11 is 0. The Bertz CT molecular complexity index is 378. The molecule has 2 rings (SSSR count). The molecule has 1 aliphatic rings. The summed E-state index contributed by atoms with van der Waals surface area (Å²) in [4.78, 5) is 22.6. The Morgan fingerprint density at radius 1 is 1.08 bits per heavy atom. The number of rotatable bonds is 0. The molecule has 0 aliphatic carbocycles. The van der Waals surface area contributed by atoms with Gasteiger partial charge in [-0.15, -0.1) is 0 Å². The van der Waals surface area contributed by atoms with Gasteiger partial charge in [0, 0.05) is 7.05 Å². The molecule has 0 spiro atoms. The normalized spacial score (nSPS) is 16.1. The monoisotopic (exact) mass is 205 g/mol. The van der Waals surface area contributed by atoms with Gasteiger partial charge in [-0.3, -0.25) is 0 Å². The van der Waals surface area contributed by atoms with Gasteiger partial charge < -0.3 is 0 Å². The maximum Gasteiger partial charge on any atom is 0.347 e. The first kappa shape index (κ1) is 8.06. The summed E-state index contributed by atoms with van der Waals surface area (Å²) in [5.74, 6) is 1.11. The number of fused-ring (bicyclic) bond motifs is 1. The summed E-state index contributed by atoms with van der Waals surface area (Å²) in [7, 11) is 4.66. The van der Waals surface area contributed by atoms with E-state index in [9.17, 15) is 9.59 Å². The van der Waals surface area contributed by atoms with Crippen LogP contribution in [-0.2, 0) is 18.8 Å². The van der Waals surface area contributed by atoms with Crippen LogP contribution in [0, 0.1) is 0 Å². The quantitative estimate of drug-likeness (QED) is 0.544. The molecule has 0 amide bonds. The topological polar surface area (TPSA) is 48.9 Å². The lowest BCUT2D eigenvalue weighted by Gasteiger charge is -2.12. The zero-order valence-electron chi connectivity index (χ0n) is 6.39. The standard InChI is InChI=1S/C5H7N3O2S2/c1-6-4(9)7-2-11-12-3-8(7)5(6)10/h2-3H2,1H3. The Hall–Kier alpha value is -0.560. The fourth-order valence-electron chi connectivity index (χ4n) is 1.06. The molecule has 0 N–H and O–H groups in total. The SMILES string of the molecule is Cn1c(=O)n2n(c1=O)CSSC2. The Morgan fingerprint density at radius 2 is 1.50 bits per heavy atom. The van der Waals surface area contributed by atoms with Gasteiger partial charge in [0.25, 0.3) is 0 Å². The maximum atomic E-state index is 11.3. The molecule has 12 heavy (non-hydrogen) atoms. The average molecular weight is 205 g/mol. The third-order valence-electron chi connectivity index (χ3n) is 1.74. The second kappa shape index (κ2) is 2.74. The summed E-state index contributed by atoms with van der Waals surface area (Å²) in [6.07, 6.45) is 0. The minimum Gasteiger partial charge on any atom is -0.246 e. The molecule has 0 saturated carbocycles. The van der Waals surface area contributed by atoms with Crippen molar-refractivity contribution in [2.45, 2.75) is 11.8 Å². The van der Waals surface area contributed by atoms with Crippen LogP contribution in [0.4, 0.5) is 0 Å². The van der Waals surface area contributed by atoms with E-state index in [1.807, 2.05) is 0 Å². The lowest BCUT2D eigenvalue weighted by atomic mass is 11.0. The van der Waals surface area contributed by atoms with Crippen LogP contribution in [0.25, 0.3) is 0 Å². The number of hydrogen-bond acceptors (Lipinski definition) is 4. The molecule has 2 heterocycles. The molecule has 1 aromatic heterocycles. The third kappa shape index (κ3) is 0.962. The Balaban J connectivity index is 2.77. The van der Waals surface area contributed by atoms with Crippen molar-refractivity contribution < 1.29 is 0 Å². The molecule has 0 atom stereocenters. The van der Waals surface area contributed by atoms with Gasteiger partial charge in [0.05, 0.1) is 0 Å². The molecule has 66 valence electrons. The van der Waals surface area contributed by atoms with Gasteiger partial charge in [-0.1, -0.05) is 21.6 Å². The van der Waals surface area contributed by atoms with Gasteiger partial charge in [-0.25, -0.2) is 23.5 Å². The summed E-state index contributed by atoms with van der Waals surface area (Å²) < 4.78 is 4.06. The molecule has 0 saturated heterocycles. The summed E-state index contributed by atoms with van der Waals surface area (Å²) in [5.41, 5.74) is -0.458. The second-order valence-corrected chi connectivity index (χ2v) is 4.82. The fourth-order valence-corrected chi connectivity index (χ4v) is 2.95. The lowest BCUT2D eigenvalue weighted by molar-refractivity contribution is 0.546. The van der Waals surface area contributed by atoms with Gasteiger partial charge in [0.1, 0.15) is 11.8 Å². The molecule has 0 aromatic carbocycles. The van der Waals surface area contributed by atoms with E-state index in [0.29, 0.717) is 11.8 Å². The fraction of sp³-hybridized carbons (Fsp3) is 0.600. The zero-order valence-corrected chi connectivity index (χ0v) is 8.02. The van der Waals surface area contributed by atoms with Gasteiger partial charge >= 0.3 is 11.4 Å². The minimum absolute atomic E-state index is 0.229. The Morgan fingerprint density at radius 3 is 1.92 bits per heavy atom. The predicted molar refractivity (Wildman–Crippen MR) is 49.1 cm³/mol. The van der Waals surface area contributed by atoms with Crippen LogP contribution in [0.5, 0.6) is 0 Å². The van der Waals surface area contributed by atoms with Gasteiger partial charge in [0.2, 0.25) is 0 Å². The van der Waals surface area contributed by atoms with E-state index in [4.69, 9.17) is 0 Å². The average Bonchev–Trinajstić information content (AvgIpc) is 2.33. The van der Waals surface area contributed by atoms with Crippen LogP contribution in [0.15, 0.2) is 9.59 Å². The van der Waals surface area contributed by atoms with Crippen molar-refractivity contribution in [3.05, 3.63) is 21.0 Å². The van der Waals surface area contributed by atoms with Crippen molar-refractivity contribution in [2.24, 2.45) is 7.05 Å². The highest BCUT2D eigenvalue weighted by atomic mass is 33.1. The largest absolute Gasteiger partial charge is 0.347 e. The third-order valence-corrected chi connectivity index (χ3v) is 3.74. The highest BCUT2D eigenvalue weighted by molar-refractivity contribution is 8.76. The summed E-state index contributed by atoms with van der Waals surface area (Å²) in [6, 6.07) is 0. The van der Waals surface area contributed by atoms with E-state index in [-0.39, 0.29) is 11.4 Å². The first-order valence-electron chi connectivity index (χ1n) is 3.33. The first-order chi connectivity index (χ1) is 5.72. The molecule has 0 unspecified atom stereocenters. The van der Waals surface area contributed by atoms with E-state index in [1.54, 1.807) is 21.6 Å². The molecule has 1 aromatic rings. The van der Waals surface area contributed by atoms with E-state index in [2.05, 4.69) is 0 Å². The van der Waals surface area contributed by atoms with E-state index in [0.717, 1.165) is 4.57 Å². The van der Waals surface area contributed by atoms with Crippen LogP contribution < -0.4 is 11.4 Å². The molecular formula is C5H7N3O2S2. The maximum absolute atomic E-state index is 11.3. The molecule has 0 bridgehead atoms. The van der Waals surface area contributed by atoms with E-state index < -0.39 is 0 Å². The minimum atomic E-state index is -0.229. The predicted octanol–water partition coefficient (Wildman–Crippen LogP) is -0.342. The van der Waals surface area contributed by atoms with Gasteiger partial charge in [-0.05, 0) is 0 Å². The molecule has 1 aliphatic heterocycles. The van der Waals surface area contributed by atoms with Gasteiger partial charge in [-0.2, -0.15) is 0 Å².